The van der Waals surface area contributed by atoms with E-state index in [4.69, 9.17) is 0 Å². The van der Waals surface area contributed by atoms with Crippen molar-refractivity contribution >= 4 is 46.5 Å². The predicted molar refractivity (Wildman–Crippen MR) is 172 cm³/mol. The van der Waals surface area contributed by atoms with E-state index in [2.05, 4.69) is 20.3 Å². The summed E-state index contributed by atoms with van der Waals surface area (Å²) in [6, 6.07) is 19.2. The van der Waals surface area contributed by atoms with Crippen LogP contribution in [0.5, 0.6) is 0 Å². The Morgan fingerprint density at radius 2 is 1.83 bits per heavy atom. The van der Waals surface area contributed by atoms with E-state index in [0.717, 1.165) is 23.1 Å². The van der Waals surface area contributed by atoms with Crippen molar-refractivity contribution < 1.29 is 14.1 Å². The number of nitro benzene ring substituents is 1. The Morgan fingerprint density at radius 1 is 1.09 bits per heavy atom. The summed E-state index contributed by atoms with van der Waals surface area (Å²) in [5.74, 6) is -0.941. The second-order valence-corrected chi connectivity index (χ2v) is 12.3. The van der Waals surface area contributed by atoms with Gasteiger partial charge in [-0.3, -0.25) is 29.1 Å². The Morgan fingerprint density at radius 3 is 2.52 bits per heavy atom. The lowest BCUT2D eigenvalue weighted by atomic mass is 9.95. The zero-order valence-electron chi connectivity index (χ0n) is 24.2. The number of thiazole rings is 1. The summed E-state index contributed by atoms with van der Waals surface area (Å²) in [6.07, 6.45) is 1.52. The van der Waals surface area contributed by atoms with Crippen molar-refractivity contribution in [3.05, 3.63) is 153 Å². The molecule has 1 amide bonds. The molecule has 0 fully saturated rings. The molecule has 5 aromatic rings. The number of carbonyl (C=O) groups is 1. The van der Waals surface area contributed by atoms with Crippen molar-refractivity contribution in [3.8, 4) is 0 Å². The third-order valence-corrected chi connectivity index (χ3v) is 8.95. The molecule has 46 heavy (non-hydrogen) atoms. The second kappa shape index (κ2) is 12.5. The summed E-state index contributed by atoms with van der Waals surface area (Å²) in [5, 5.41) is 15.1. The molecule has 0 spiro atoms. The van der Waals surface area contributed by atoms with Gasteiger partial charge in [0, 0.05) is 23.5 Å². The van der Waals surface area contributed by atoms with Gasteiger partial charge in [-0.05, 0) is 73.1 Å². The van der Waals surface area contributed by atoms with E-state index < -0.39 is 28.2 Å². The first-order valence-electron chi connectivity index (χ1n) is 13.8. The maximum Gasteiger partial charge on any atom is 0.283 e. The van der Waals surface area contributed by atoms with Crippen molar-refractivity contribution in [3.63, 3.8) is 0 Å². The van der Waals surface area contributed by atoms with E-state index in [1.54, 1.807) is 44.2 Å². The maximum atomic E-state index is 14.0. The smallest absolute Gasteiger partial charge is 0.283 e. The Hall–Kier alpha value is -5.47. The maximum absolute atomic E-state index is 14.0. The number of hydrogen-bond donors (Lipinski definition) is 2. The average Bonchev–Trinajstić information content (AvgIpc) is 3.31. The number of halogens is 1. The lowest BCUT2D eigenvalue weighted by Gasteiger charge is -2.25. The second-order valence-electron chi connectivity index (χ2n) is 10.2. The van der Waals surface area contributed by atoms with E-state index >= 15 is 0 Å². The van der Waals surface area contributed by atoms with Crippen molar-refractivity contribution in [2.75, 3.05) is 5.32 Å². The summed E-state index contributed by atoms with van der Waals surface area (Å²) < 4.78 is 15.5. The molecular weight excluding hydrogens is 632 g/mol. The van der Waals surface area contributed by atoms with Crippen molar-refractivity contribution in [1.29, 1.82) is 0 Å². The molecule has 14 heteroatoms. The monoisotopic (exact) mass is 654 g/mol. The minimum Gasteiger partial charge on any atom is -0.322 e. The third kappa shape index (κ3) is 6.20. The van der Waals surface area contributed by atoms with Crippen LogP contribution in [0.25, 0.3) is 6.08 Å². The van der Waals surface area contributed by atoms with Crippen LogP contribution >= 0.6 is 23.1 Å². The van der Waals surface area contributed by atoms with E-state index in [1.165, 1.54) is 53.1 Å². The van der Waals surface area contributed by atoms with Crippen molar-refractivity contribution in [2.24, 2.45) is 4.99 Å². The van der Waals surface area contributed by atoms with Gasteiger partial charge in [0.05, 0.1) is 31.7 Å². The SMILES string of the molecule is CC1=C(C(=O)Nc2ccccc2)[C@H](c2ccc(F)cc2)n2c(s/c(=C/c3ccc(Sc4nc(C)cc(=O)[nH]4)c([N+](=O)[O-])c3)c2=O)=N1. The number of carbonyl (C=O) groups excluding carboxylic acids is 1. The van der Waals surface area contributed by atoms with Gasteiger partial charge in [0.2, 0.25) is 0 Å². The van der Waals surface area contributed by atoms with Crippen LogP contribution in [-0.2, 0) is 4.79 Å². The number of nitrogens with zero attached hydrogens (tertiary/aromatic N) is 4. The quantitative estimate of drug-likeness (QED) is 0.149. The highest BCUT2D eigenvalue weighted by molar-refractivity contribution is 7.99. The Labute approximate surface area is 267 Å². The third-order valence-electron chi connectivity index (χ3n) is 7.02. The summed E-state index contributed by atoms with van der Waals surface area (Å²) in [4.78, 5) is 62.8. The van der Waals surface area contributed by atoms with Crippen LogP contribution in [0.2, 0.25) is 0 Å². The number of aromatic nitrogens is 3. The molecule has 3 heterocycles. The fourth-order valence-electron chi connectivity index (χ4n) is 5.00. The van der Waals surface area contributed by atoms with Gasteiger partial charge >= 0.3 is 0 Å². The number of H-pyrrole nitrogens is 1. The van der Waals surface area contributed by atoms with Crippen molar-refractivity contribution in [2.45, 2.75) is 29.9 Å². The van der Waals surface area contributed by atoms with Gasteiger partial charge in [-0.2, -0.15) is 0 Å². The predicted octanol–water partition coefficient (Wildman–Crippen LogP) is 4.46. The molecule has 0 saturated carbocycles. The first kappa shape index (κ1) is 30.6. The largest absolute Gasteiger partial charge is 0.322 e. The van der Waals surface area contributed by atoms with Gasteiger partial charge < -0.3 is 10.3 Å². The molecule has 2 aromatic heterocycles. The number of aryl methyl sites for hydroxylation is 1. The number of nitrogens with one attached hydrogen (secondary N) is 2. The number of benzene rings is 3. The Balaban J connectivity index is 1.43. The number of aromatic amines is 1. The fourth-order valence-corrected chi connectivity index (χ4v) is 6.97. The van der Waals surface area contributed by atoms with Crippen LogP contribution in [0.1, 0.15) is 29.8 Å². The van der Waals surface area contributed by atoms with Crippen LogP contribution in [0, 0.1) is 22.9 Å². The summed E-state index contributed by atoms with van der Waals surface area (Å²) in [6.45, 7) is 3.32. The van der Waals surface area contributed by atoms with Crippen LogP contribution in [0.15, 0.2) is 115 Å². The molecule has 0 radical (unpaired) electrons. The highest BCUT2D eigenvalue weighted by atomic mass is 32.2. The number of rotatable bonds is 7. The number of fused-ring (bicyclic) bond motifs is 1. The summed E-state index contributed by atoms with van der Waals surface area (Å²) in [5.41, 5.74) is 1.41. The van der Waals surface area contributed by atoms with Crippen molar-refractivity contribution in [1.82, 2.24) is 14.5 Å². The van der Waals surface area contributed by atoms with Crippen LogP contribution < -0.4 is 25.8 Å². The average molecular weight is 655 g/mol. The molecule has 0 bridgehead atoms. The van der Waals surface area contributed by atoms with Crippen LogP contribution in [0.4, 0.5) is 15.8 Å². The number of para-hydroxylation sites is 1. The number of allylic oxidation sites excluding steroid dienone is 1. The van der Waals surface area contributed by atoms with E-state index in [-0.39, 0.29) is 31.4 Å². The normalized spacial score (nSPS) is 14.5. The zero-order valence-corrected chi connectivity index (χ0v) is 25.8. The summed E-state index contributed by atoms with van der Waals surface area (Å²) in [7, 11) is 0. The molecule has 3 aromatic carbocycles. The molecule has 0 unspecified atom stereocenters. The molecule has 1 atom stereocenters. The molecular formula is C32H23FN6O5S2. The number of nitro groups is 1. The van der Waals surface area contributed by atoms with E-state index in [0.29, 0.717) is 33.0 Å². The first-order valence-corrected chi connectivity index (χ1v) is 15.4. The van der Waals surface area contributed by atoms with Crippen LogP contribution in [-0.4, -0.2) is 25.4 Å². The number of amides is 1. The fraction of sp³-hybridized carbons (Fsp3) is 0.0938. The standard InChI is InChI=1S/C32H23FN6O5S2/c1-17-14-26(40)37-31(34-17)45-24-13-8-19(15-23(24)39(43)44)16-25-30(42)38-28(20-9-11-21(33)12-10-20)27(18(2)35-32(38)46-25)29(41)36-22-6-4-3-5-7-22/h3-16,28H,1-2H3,(H,36,41)(H,34,37,40)/b25-16+/t28-/m0/s1. The number of hydrogen-bond acceptors (Lipinski definition) is 9. The molecule has 230 valence electrons. The Kier molecular flexibility index (Phi) is 8.30. The zero-order chi connectivity index (χ0) is 32.5. The molecule has 11 nitrogen and oxygen atoms in total. The topological polar surface area (TPSA) is 152 Å². The minimum atomic E-state index is -0.917. The Bertz CT molecular complexity index is 2300. The first-order chi connectivity index (χ1) is 22.1. The van der Waals surface area contributed by atoms with Gasteiger partial charge in [-0.1, -0.05) is 47.7 Å². The van der Waals surface area contributed by atoms with Crippen LogP contribution in [0.3, 0.4) is 0 Å². The highest BCUT2D eigenvalue weighted by Gasteiger charge is 2.32. The number of anilines is 1. The van der Waals surface area contributed by atoms with Gasteiger partial charge in [0.15, 0.2) is 9.96 Å². The minimum absolute atomic E-state index is 0.206. The van der Waals surface area contributed by atoms with Gasteiger partial charge in [-0.15, -0.1) is 0 Å². The molecule has 1 aliphatic rings. The van der Waals surface area contributed by atoms with Gasteiger partial charge in [0.25, 0.3) is 22.7 Å². The van der Waals surface area contributed by atoms with E-state index in [9.17, 15) is 28.9 Å². The lowest BCUT2D eigenvalue weighted by molar-refractivity contribution is -0.387. The highest BCUT2D eigenvalue weighted by Crippen LogP contribution is 2.34. The van der Waals surface area contributed by atoms with Gasteiger partial charge in [0.1, 0.15) is 5.82 Å². The molecule has 0 saturated heterocycles. The molecule has 0 aliphatic carbocycles. The molecule has 1 aliphatic heterocycles. The summed E-state index contributed by atoms with van der Waals surface area (Å²) >= 11 is 2.01. The molecule has 6 rings (SSSR count). The molecule has 2 N–H and O–H groups in total. The van der Waals surface area contributed by atoms with Gasteiger partial charge in [-0.25, -0.2) is 14.4 Å². The van der Waals surface area contributed by atoms with E-state index in [1.807, 2.05) is 6.07 Å². The lowest BCUT2D eigenvalue weighted by Crippen LogP contribution is -2.40.